The third-order valence-electron chi connectivity index (χ3n) is 2.23. The molecule has 0 amide bonds. The van der Waals surface area contributed by atoms with Crippen molar-refractivity contribution in [2.45, 2.75) is 12.8 Å². The summed E-state index contributed by atoms with van der Waals surface area (Å²) in [6, 6.07) is 4.24. The number of benzene rings is 1. The van der Waals surface area contributed by atoms with E-state index in [1.807, 2.05) is 0 Å². The van der Waals surface area contributed by atoms with Crippen molar-refractivity contribution in [2.75, 3.05) is 20.3 Å². The maximum atomic E-state index is 13.0. The summed E-state index contributed by atoms with van der Waals surface area (Å²) in [5.41, 5.74) is 6.13. The van der Waals surface area contributed by atoms with Crippen LogP contribution in [0.3, 0.4) is 0 Å². The number of methoxy groups -OCH3 is 1. The van der Waals surface area contributed by atoms with Gasteiger partial charge in [-0.15, -0.1) is 0 Å². The minimum Gasteiger partial charge on any atom is -0.493 e. The molecule has 0 saturated heterocycles. The van der Waals surface area contributed by atoms with Crippen molar-refractivity contribution < 1.29 is 18.7 Å². The van der Waals surface area contributed by atoms with Crippen LogP contribution in [0.4, 0.5) is 4.39 Å². The summed E-state index contributed by atoms with van der Waals surface area (Å²) in [6.07, 6.45) is 0.696. The smallest absolute Gasteiger partial charge is 0.308 e. The van der Waals surface area contributed by atoms with E-state index in [9.17, 15) is 9.18 Å². The lowest BCUT2D eigenvalue weighted by Gasteiger charge is -2.10. The summed E-state index contributed by atoms with van der Waals surface area (Å²) >= 11 is 0. The van der Waals surface area contributed by atoms with Gasteiger partial charge in [-0.3, -0.25) is 4.79 Å². The molecule has 0 heterocycles. The molecular formula is C12H16FNO3. The quantitative estimate of drug-likeness (QED) is 0.762. The van der Waals surface area contributed by atoms with Crippen LogP contribution < -0.4 is 10.5 Å². The number of hydrogen-bond acceptors (Lipinski definition) is 4. The first-order valence-corrected chi connectivity index (χ1v) is 5.35. The molecule has 5 heteroatoms. The second-order valence-corrected chi connectivity index (χ2v) is 3.47. The largest absolute Gasteiger partial charge is 0.493 e. The molecule has 2 N–H and O–H groups in total. The molecule has 0 atom stereocenters. The summed E-state index contributed by atoms with van der Waals surface area (Å²) in [4.78, 5) is 10.9. The molecule has 0 fully saturated rings. The van der Waals surface area contributed by atoms with Crippen LogP contribution in [0.25, 0.3) is 0 Å². The molecular weight excluding hydrogens is 225 g/mol. The predicted octanol–water partition coefficient (Wildman–Crippen LogP) is 1.27. The van der Waals surface area contributed by atoms with E-state index in [1.165, 1.54) is 25.3 Å². The van der Waals surface area contributed by atoms with Gasteiger partial charge in [-0.05, 0) is 36.7 Å². The average molecular weight is 241 g/mol. The molecule has 0 bridgehead atoms. The van der Waals surface area contributed by atoms with Crippen molar-refractivity contribution in [2.24, 2.45) is 5.73 Å². The zero-order valence-corrected chi connectivity index (χ0v) is 9.74. The number of carbonyl (C=O) groups excluding carboxylic acids is 1. The lowest BCUT2D eigenvalue weighted by Crippen LogP contribution is -2.10. The molecule has 1 rings (SSSR count). The fourth-order valence-electron chi connectivity index (χ4n) is 1.39. The van der Waals surface area contributed by atoms with Crippen LogP contribution in [0.15, 0.2) is 18.2 Å². The maximum absolute atomic E-state index is 13.0. The second kappa shape index (κ2) is 6.85. The van der Waals surface area contributed by atoms with Crippen molar-refractivity contribution >= 4 is 5.97 Å². The summed E-state index contributed by atoms with van der Waals surface area (Å²) in [5.74, 6) is -0.109. The van der Waals surface area contributed by atoms with Gasteiger partial charge in [-0.25, -0.2) is 4.39 Å². The van der Waals surface area contributed by atoms with Crippen LogP contribution >= 0.6 is 0 Å². The molecule has 0 radical (unpaired) electrons. The summed E-state index contributed by atoms with van der Waals surface area (Å²) in [5, 5.41) is 0. The van der Waals surface area contributed by atoms with Gasteiger partial charge in [0.25, 0.3) is 0 Å². The van der Waals surface area contributed by atoms with Crippen LogP contribution in [-0.4, -0.2) is 26.2 Å². The van der Waals surface area contributed by atoms with Gasteiger partial charge in [-0.2, -0.15) is 0 Å². The summed E-state index contributed by atoms with van der Waals surface area (Å²) in [7, 11) is 1.32. The first-order chi connectivity index (χ1) is 8.17. The molecule has 0 aliphatic carbocycles. The van der Waals surface area contributed by atoms with Crippen molar-refractivity contribution in [3.05, 3.63) is 29.6 Å². The Balaban J connectivity index is 2.60. The van der Waals surface area contributed by atoms with Gasteiger partial charge in [0.15, 0.2) is 0 Å². The Labute approximate surface area is 99.5 Å². The van der Waals surface area contributed by atoms with Gasteiger partial charge < -0.3 is 15.2 Å². The molecule has 0 aliphatic heterocycles. The highest BCUT2D eigenvalue weighted by Gasteiger charge is 2.06. The van der Waals surface area contributed by atoms with E-state index in [1.54, 1.807) is 0 Å². The molecule has 1 aromatic rings. The molecule has 0 spiro atoms. The highest BCUT2D eigenvalue weighted by Crippen LogP contribution is 2.20. The SMILES string of the molecule is COC(=O)CCOc1ccc(F)cc1CCN. The van der Waals surface area contributed by atoms with E-state index >= 15 is 0 Å². The second-order valence-electron chi connectivity index (χ2n) is 3.47. The first-order valence-electron chi connectivity index (χ1n) is 5.35. The van der Waals surface area contributed by atoms with Gasteiger partial charge in [-0.1, -0.05) is 0 Å². The fraction of sp³-hybridized carbons (Fsp3) is 0.417. The fourth-order valence-corrected chi connectivity index (χ4v) is 1.39. The van der Waals surface area contributed by atoms with Crippen LogP contribution in [0.2, 0.25) is 0 Å². The third-order valence-corrected chi connectivity index (χ3v) is 2.23. The number of nitrogens with two attached hydrogens (primary N) is 1. The zero-order chi connectivity index (χ0) is 12.7. The Kier molecular flexibility index (Phi) is 5.42. The summed E-state index contributed by atoms with van der Waals surface area (Å²) < 4.78 is 22.9. The van der Waals surface area contributed by atoms with Gasteiger partial charge >= 0.3 is 5.97 Å². The number of halogens is 1. The van der Waals surface area contributed by atoms with E-state index in [2.05, 4.69) is 4.74 Å². The molecule has 17 heavy (non-hydrogen) atoms. The molecule has 94 valence electrons. The molecule has 4 nitrogen and oxygen atoms in total. The van der Waals surface area contributed by atoms with Crippen LogP contribution in [-0.2, 0) is 16.0 Å². The van der Waals surface area contributed by atoms with Gasteiger partial charge in [0.05, 0.1) is 20.1 Å². The van der Waals surface area contributed by atoms with Gasteiger partial charge in [0, 0.05) is 0 Å². The van der Waals surface area contributed by atoms with Crippen molar-refractivity contribution in [3.8, 4) is 5.75 Å². The maximum Gasteiger partial charge on any atom is 0.308 e. The Morgan fingerprint density at radius 2 is 2.24 bits per heavy atom. The minimum atomic E-state index is -0.340. The molecule has 0 aliphatic rings. The lowest BCUT2D eigenvalue weighted by atomic mass is 10.1. The number of hydrogen-bond donors (Lipinski definition) is 1. The van der Waals surface area contributed by atoms with Gasteiger partial charge in [0.2, 0.25) is 0 Å². The average Bonchev–Trinajstić information content (AvgIpc) is 2.32. The Morgan fingerprint density at radius 3 is 2.88 bits per heavy atom. The Hall–Kier alpha value is -1.62. The molecule has 0 saturated carbocycles. The van der Waals surface area contributed by atoms with E-state index in [-0.39, 0.29) is 24.8 Å². The number of carbonyl (C=O) groups is 1. The molecule has 0 aromatic heterocycles. The first kappa shape index (κ1) is 13.4. The topological polar surface area (TPSA) is 61.5 Å². The highest BCUT2D eigenvalue weighted by molar-refractivity contribution is 5.69. The third kappa shape index (κ3) is 4.40. The zero-order valence-electron chi connectivity index (χ0n) is 9.74. The van der Waals surface area contributed by atoms with Crippen LogP contribution in [0.1, 0.15) is 12.0 Å². The Morgan fingerprint density at radius 1 is 1.47 bits per heavy atom. The number of ether oxygens (including phenoxy) is 2. The van der Waals surface area contributed by atoms with E-state index in [4.69, 9.17) is 10.5 Å². The number of esters is 1. The van der Waals surface area contributed by atoms with E-state index in [0.29, 0.717) is 24.3 Å². The monoisotopic (exact) mass is 241 g/mol. The van der Waals surface area contributed by atoms with Gasteiger partial charge in [0.1, 0.15) is 11.6 Å². The van der Waals surface area contributed by atoms with Crippen molar-refractivity contribution in [3.63, 3.8) is 0 Å². The number of rotatable bonds is 6. The lowest BCUT2D eigenvalue weighted by molar-refractivity contribution is -0.141. The van der Waals surface area contributed by atoms with Crippen molar-refractivity contribution in [1.29, 1.82) is 0 Å². The van der Waals surface area contributed by atoms with Crippen LogP contribution in [0, 0.1) is 5.82 Å². The Bertz CT molecular complexity index is 382. The minimum absolute atomic E-state index is 0.163. The molecule has 1 aromatic carbocycles. The highest BCUT2D eigenvalue weighted by atomic mass is 19.1. The van der Waals surface area contributed by atoms with E-state index < -0.39 is 0 Å². The van der Waals surface area contributed by atoms with E-state index in [0.717, 1.165) is 0 Å². The standard InChI is InChI=1S/C12H16FNO3/c1-16-12(15)5-7-17-11-3-2-10(13)8-9(11)4-6-14/h2-3,8H,4-7,14H2,1H3. The predicted molar refractivity (Wildman–Crippen MR) is 61.3 cm³/mol. The van der Waals surface area contributed by atoms with Crippen molar-refractivity contribution in [1.82, 2.24) is 0 Å². The van der Waals surface area contributed by atoms with Crippen LogP contribution in [0.5, 0.6) is 5.75 Å². The summed E-state index contributed by atoms with van der Waals surface area (Å²) in [6.45, 7) is 0.618. The molecule has 0 unspecified atom stereocenters. The normalized spacial score (nSPS) is 10.1.